The lowest BCUT2D eigenvalue weighted by molar-refractivity contribution is 1.02. The van der Waals surface area contributed by atoms with Crippen LogP contribution in [0.2, 0.25) is 0 Å². The smallest absolute Gasteiger partial charge is 0.0462 e. The van der Waals surface area contributed by atoms with Gasteiger partial charge in [0.1, 0.15) is 0 Å². The molecule has 0 unspecified atom stereocenters. The maximum absolute atomic E-state index is 4.30. The first kappa shape index (κ1) is 38.9. The average Bonchev–Trinajstić information content (AvgIpc) is 3.18. The van der Waals surface area contributed by atoms with Crippen molar-refractivity contribution in [3.8, 4) is 0 Å². The van der Waals surface area contributed by atoms with Crippen molar-refractivity contribution < 1.29 is 0 Å². The molecule has 0 aromatic heterocycles. The second-order valence-corrected chi connectivity index (χ2v) is 13.0. The van der Waals surface area contributed by atoms with Crippen molar-refractivity contribution in [2.24, 2.45) is 0 Å². The van der Waals surface area contributed by atoms with Gasteiger partial charge in [0.25, 0.3) is 0 Å². The molecule has 262 valence electrons. The molecule has 7 rings (SSSR count). The topological polar surface area (TPSA) is 3.24 Å². The lowest BCUT2D eigenvalue weighted by atomic mass is 9.94. The van der Waals surface area contributed by atoms with Gasteiger partial charge in [0.15, 0.2) is 0 Å². The van der Waals surface area contributed by atoms with E-state index in [1.807, 2.05) is 30.3 Å². The van der Waals surface area contributed by atoms with E-state index < -0.39 is 0 Å². The van der Waals surface area contributed by atoms with Crippen molar-refractivity contribution in [1.82, 2.24) is 0 Å². The van der Waals surface area contributed by atoms with Crippen molar-refractivity contribution in [3.05, 3.63) is 234 Å². The van der Waals surface area contributed by atoms with E-state index in [1.54, 1.807) is 0 Å². The molecule has 0 atom stereocenters. The molecule has 0 bridgehead atoms. The number of rotatable bonds is 6. The highest BCUT2D eigenvalue weighted by molar-refractivity contribution is 6.03. The Bertz CT molecular complexity index is 1950. The molecule has 1 nitrogen and oxygen atoms in total. The number of aryl methyl sites for hydroxylation is 4. The lowest BCUT2D eigenvalue weighted by Crippen LogP contribution is -2.09. The molecule has 6 aromatic rings. The number of hydrogen-bond donors (Lipinski definition) is 0. The quantitative estimate of drug-likeness (QED) is 0.158. The minimum atomic E-state index is 0.941. The van der Waals surface area contributed by atoms with Gasteiger partial charge < -0.3 is 4.90 Å². The Hall–Kier alpha value is -5.92. The minimum Gasteiger partial charge on any atom is -0.311 e. The van der Waals surface area contributed by atoms with E-state index in [0.717, 1.165) is 39.3 Å². The van der Waals surface area contributed by atoms with Gasteiger partial charge in [-0.1, -0.05) is 175 Å². The van der Waals surface area contributed by atoms with Crippen LogP contribution >= 0.6 is 0 Å². The van der Waals surface area contributed by atoms with Crippen molar-refractivity contribution in [3.63, 3.8) is 0 Å². The first-order valence-electron chi connectivity index (χ1n) is 18.1. The zero-order chi connectivity index (χ0) is 37.1. The van der Waals surface area contributed by atoms with E-state index in [4.69, 9.17) is 0 Å². The normalized spacial score (nSPS) is 11.2. The number of anilines is 3. The fraction of sp³-hybridized carbons (Fsp3) is 0.137. The Balaban J connectivity index is 0.000000219. The van der Waals surface area contributed by atoms with Crippen LogP contribution in [0.1, 0.15) is 53.1 Å². The van der Waals surface area contributed by atoms with Gasteiger partial charge in [-0.25, -0.2) is 0 Å². The third kappa shape index (κ3) is 12.4. The Morgan fingerprint density at radius 2 is 0.808 bits per heavy atom. The Kier molecular flexibility index (Phi) is 15.5. The fourth-order valence-corrected chi connectivity index (χ4v) is 5.46. The molecule has 1 heteroatoms. The lowest BCUT2D eigenvalue weighted by Gasteiger charge is -2.25. The zero-order valence-electron chi connectivity index (χ0n) is 31.6. The molecular formula is C51H53N. The predicted octanol–water partition coefficient (Wildman–Crippen LogP) is 14.8. The summed E-state index contributed by atoms with van der Waals surface area (Å²) in [6.45, 7) is 19.1. The van der Waals surface area contributed by atoms with Gasteiger partial charge in [-0.05, 0) is 117 Å². The molecule has 0 fully saturated rings. The highest BCUT2D eigenvalue weighted by Gasteiger charge is 2.13. The van der Waals surface area contributed by atoms with E-state index >= 15 is 0 Å². The number of benzene rings is 6. The summed E-state index contributed by atoms with van der Waals surface area (Å²) in [4.78, 5) is 2.25. The standard InChI is InChI=1S/C29H25N.C8H10.C7H10.C7H8/c1-22-14-16-25(17-15-22)23(2)24(3)26-18-20-29(21-19-26)30(27-10-6-4-7-11-27)28-12-8-5-9-13-28;1-7-5-3-4-6-8(7)2;2*1-7-5-3-2-4-6-7/h4-21H,2-3H2,1H3;3-6H,1-2H3;3,5-6H,2,4H2,1H3;2-6H,1H3. The maximum Gasteiger partial charge on any atom is 0.0462 e. The van der Waals surface area contributed by atoms with Crippen LogP contribution in [0.5, 0.6) is 0 Å². The number of hydrogen-bond acceptors (Lipinski definition) is 1. The van der Waals surface area contributed by atoms with Crippen LogP contribution in [-0.2, 0) is 0 Å². The molecule has 0 aliphatic heterocycles. The second kappa shape index (κ2) is 20.7. The van der Waals surface area contributed by atoms with E-state index in [0.29, 0.717) is 0 Å². The predicted molar refractivity (Wildman–Crippen MR) is 230 cm³/mol. The summed E-state index contributed by atoms with van der Waals surface area (Å²) in [6.07, 6.45) is 9.12. The Morgan fingerprint density at radius 1 is 0.423 bits per heavy atom. The maximum atomic E-state index is 4.30. The summed E-state index contributed by atoms with van der Waals surface area (Å²) in [5.74, 6) is 0. The highest BCUT2D eigenvalue weighted by atomic mass is 15.1. The van der Waals surface area contributed by atoms with E-state index in [-0.39, 0.29) is 0 Å². The molecule has 0 saturated heterocycles. The van der Waals surface area contributed by atoms with Crippen molar-refractivity contribution in [1.29, 1.82) is 0 Å². The summed E-state index contributed by atoms with van der Waals surface area (Å²) in [5.41, 5.74) is 14.1. The van der Waals surface area contributed by atoms with Crippen LogP contribution in [0.25, 0.3) is 11.1 Å². The van der Waals surface area contributed by atoms with Crippen LogP contribution < -0.4 is 4.90 Å². The van der Waals surface area contributed by atoms with Crippen molar-refractivity contribution >= 4 is 28.2 Å². The second-order valence-electron chi connectivity index (χ2n) is 13.0. The highest BCUT2D eigenvalue weighted by Crippen LogP contribution is 2.36. The van der Waals surface area contributed by atoms with Gasteiger partial charge in [0.2, 0.25) is 0 Å². The van der Waals surface area contributed by atoms with Crippen LogP contribution in [0.4, 0.5) is 17.1 Å². The number of para-hydroxylation sites is 2. The van der Waals surface area contributed by atoms with Crippen LogP contribution in [0, 0.1) is 27.7 Å². The van der Waals surface area contributed by atoms with Gasteiger partial charge in [0, 0.05) is 17.1 Å². The first-order valence-corrected chi connectivity index (χ1v) is 18.1. The molecule has 1 aliphatic rings. The summed E-state index contributed by atoms with van der Waals surface area (Å²) >= 11 is 0. The largest absolute Gasteiger partial charge is 0.311 e. The Labute approximate surface area is 313 Å². The fourth-order valence-electron chi connectivity index (χ4n) is 5.46. The van der Waals surface area contributed by atoms with Crippen LogP contribution in [0.15, 0.2) is 201 Å². The molecule has 0 spiro atoms. The van der Waals surface area contributed by atoms with Crippen LogP contribution in [0.3, 0.4) is 0 Å². The average molecular weight is 680 g/mol. The SMILES string of the molecule is C=C(C(=C)c1ccc(N(c2ccccc2)c2ccccc2)cc1)c1ccc(C)cc1.CC1=CCCC=C1.Cc1ccccc1.Cc1ccccc1C. The minimum absolute atomic E-state index is 0.941. The van der Waals surface area contributed by atoms with E-state index in [2.05, 4.69) is 204 Å². The molecular weight excluding hydrogens is 627 g/mol. The molecule has 0 amide bonds. The third-order valence-electron chi connectivity index (χ3n) is 8.81. The van der Waals surface area contributed by atoms with Gasteiger partial charge in [-0.15, -0.1) is 0 Å². The summed E-state index contributed by atoms with van der Waals surface area (Å²) in [5, 5.41) is 0. The molecule has 0 heterocycles. The third-order valence-corrected chi connectivity index (χ3v) is 8.81. The Morgan fingerprint density at radius 3 is 1.15 bits per heavy atom. The molecule has 6 aromatic carbocycles. The van der Waals surface area contributed by atoms with Gasteiger partial charge in [0.05, 0.1) is 0 Å². The number of allylic oxidation sites excluding steroid dienone is 6. The molecule has 0 radical (unpaired) electrons. The summed E-state index contributed by atoms with van der Waals surface area (Å²) in [6, 6.07) is 56.4. The van der Waals surface area contributed by atoms with Crippen LogP contribution in [-0.4, -0.2) is 0 Å². The van der Waals surface area contributed by atoms with Crippen molar-refractivity contribution in [2.75, 3.05) is 4.90 Å². The van der Waals surface area contributed by atoms with Crippen molar-refractivity contribution in [2.45, 2.75) is 47.5 Å². The summed E-state index contributed by atoms with van der Waals surface area (Å²) < 4.78 is 0. The molecule has 1 aliphatic carbocycles. The monoisotopic (exact) mass is 679 g/mol. The first-order chi connectivity index (χ1) is 25.2. The van der Waals surface area contributed by atoms with E-state index in [9.17, 15) is 0 Å². The van der Waals surface area contributed by atoms with Gasteiger partial charge >= 0.3 is 0 Å². The summed E-state index contributed by atoms with van der Waals surface area (Å²) in [7, 11) is 0. The zero-order valence-corrected chi connectivity index (χ0v) is 31.6. The molecule has 0 N–H and O–H groups in total. The molecule has 52 heavy (non-hydrogen) atoms. The van der Waals surface area contributed by atoms with Gasteiger partial charge in [-0.2, -0.15) is 0 Å². The molecule has 0 saturated carbocycles. The van der Waals surface area contributed by atoms with Gasteiger partial charge in [-0.3, -0.25) is 0 Å². The number of nitrogens with zero attached hydrogens (tertiary/aromatic N) is 1. The van der Waals surface area contributed by atoms with E-state index in [1.165, 1.54) is 40.7 Å².